The van der Waals surface area contributed by atoms with Crippen LogP contribution in [0, 0.1) is 0 Å². The number of rotatable bonds is 10. The highest BCUT2D eigenvalue weighted by Gasteiger charge is 2.72. The van der Waals surface area contributed by atoms with Crippen LogP contribution in [0.5, 0.6) is 11.5 Å². The lowest BCUT2D eigenvalue weighted by Crippen LogP contribution is -2.74. The summed E-state index contributed by atoms with van der Waals surface area (Å²) in [6.07, 6.45) is -14.7. The highest BCUT2D eigenvalue weighted by atomic mass is 19.4. The fourth-order valence-corrected chi connectivity index (χ4v) is 7.19. The number of carbonyl (C=O) groups excluding carboxylic acids is 6. The molecule has 20 heteroatoms. The number of hydrogen-bond acceptors (Lipinski definition) is 16. The lowest BCUT2D eigenvalue weighted by molar-refractivity contribution is -0.208. The van der Waals surface area contributed by atoms with Crippen LogP contribution in [-0.4, -0.2) is 118 Å². The molecule has 51 heavy (non-hydrogen) atoms. The van der Waals surface area contributed by atoms with Gasteiger partial charge in [0.1, 0.15) is 5.76 Å². The summed E-state index contributed by atoms with van der Waals surface area (Å²) in [7, 11) is 1.83. The number of esters is 6. The van der Waals surface area contributed by atoms with Gasteiger partial charge in [-0.05, 0) is 44.1 Å². The zero-order chi connectivity index (χ0) is 37.8. The minimum Gasteiger partial charge on any atom is -0.504 e. The molecule has 0 radical (unpaired) electrons. The van der Waals surface area contributed by atoms with Crippen LogP contribution in [0.4, 0.5) is 13.2 Å². The number of nitrogens with zero attached hydrogens (tertiary/aromatic N) is 1. The topological polar surface area (TPSA) is 239 Å². The third-order valence-electron chi connectivity index (χ3n) is 9.20. The Labute approximate surface area is 284 Å². The van der Waals surface area contributed by atoms with Crippen LogP contribution < -0.4 is 4.74 Å². The molecule has 2 heterocycles. The normalized spacial score (nSPS) is 26.1. The Bertz CT molecular complexity index is 1740. The van der Waals surface area contributed by atoms with Crippen molar-refractivity contribution in [3.8, 4) is 11.5 Å². The molecule has 0 aromatic heterocycles. The van der Waals surface area contributed by atoms with E-state index in [1.807, 2.05) is 11.9 Å². The number of phenols is 1. The number of likely N-dealkylation sites (tertiary alicyclic amines) is 1. The van der Waals surface area contributed by atoms with Crippen LogP contribution in [-0.2, 0) is 69.1 Å². The smallest absolute Gasteiger partial charge is 0.491 e. The molecule has 1 spiro atoms. The van der Waals surface area contributed by atoms with Gasteiger partial charge in [0, 0.05) is 31.9 Å². The first-order valence-corrected chi connectivity index (χ1v) is 15.2. The molecule has 17 nitrogen and oxygen atoms in total. The zero-order valence-electron chi connectivity index (χ0n) is 26.9. The number of benzene rings is 1. The van der Waals surface area contributed by atoms with E-state index < -0.39 is 95.9 Å². The number of hydrogen-bond donors (Lipinski definition) is 3. The highest BCUT2D eigenvalue weighted by molar-refractivity contribution is 5.95. The van der Waals surface area contributed by atoms with Crippen molar-refractivity contribution in [2.24, 2.45) is 0 Å². The van der Waals surface area contributed by atoms with E-state index >= 15 is 0 Å². The first kappa shape index (κ1) is 37.0. The number of carbonyl (C=O) groups is 7. The molecule has 2 aliphatic heterocycles. The molecule has 7 atom stereocenters. The SMILES string of the molecule is CC(=O)O[C@@H](C(=O)OC1=CC[C@@]2(O)C3Cc4ccc(O)c5c4[C@@]2(CCN3C)[C@H]1O5)[C@@H](OC(C)=O)C(=O)O[C@H](CC(=O)O)C(=O)OC(=O)C(F)(F)F. The molecule has 2 bridgehead atoms. The molecule has 2 aliphatic carbocycles. The molecular weight excluding hydrogens is 699 g/mol. The average molecular weight is 730 g/mol. The number of carboxylic acids is 1. The van der Waals surface area contributed by atoms with E-state index in [4.69, 9.17) is 24.1 Å². The van der Waals surface area contributed by atoms with Gasteiger partial charge in [0.05, 0.1) is 17.4 Å². The van der Waals surface area contributed by atoms with Gasteiger partial charge in [-0.3, -0.25) is 14.4 Å². The lowest BCUT2D eigenvalue weighted by atomic mass is 9.50. The second kappa shape index (κ2) is 13.1. The van der Waals surface area contributed by atoms with Crippen LogP contribution in [0.15, 0.2) is 24.0 Å². The Hall–Kier alpha value is -5.24. The van der Waals surface area contributed by atoms with E-state index in [0.717, 1.165) is 19.4 Å². The van der Waals surface area contributed by atoms with Crippen molar-refractivity contribution in [2.75, 3.05) is 13.6 Å². The first-order valence-electron chi connectivity index (χ1n) is 15.2. The third kappa shape index (κ3) is 6.44. The van der Waals surface area contributed by atoms with E-state index in [2.05, 4.69) is 9.47 Å². The molecule has 5 rings (SSSR count). The number of halogens is 3. The van der Waals surface area contributed by atoms with Crippen molar-refractivity contribution in [1.82, 2.24) is 4.90 Å². The van der Waals surface area contributed by atoms with Crippen LogP contribution in [0.1, 0.15) is 44.2 Å². The molecule has 0 amide bonds. The number of aromatic hydroxyl groups is 1. The number of aliphatic hydroxyl groups is 1. The molecule has 1 fully saturated rings. The average Bonchev–Trinajstić information content (AvgIpc) is 3.38. The van der Waals surface area contributed by atoms with Gasteiger partial charge in [0.25, 0.3) is 0 Å². The summed E-state index contributed by atoms with van der Waals surface area (Å²) in [5, 5.41) is 32.1. The molecule has 276 valence electrons. The predicted octanol–water partition coefficient (Wildman–Crippen LogP) is 0.0951. The molecule has 1 aromatic carbocycles. The van der Waals surface area contributed by atoms with Gasteiger partial charge in [-0.1, -0.05) is 6.07 Å². The molecule has 1 saturated heterocycles. The molecule has 3 N–H and O–H groups in total. The van der Waals surface area contributed by atoms with E-state index in [-0.39, 0.29) is 30.1 Å². The van der Waals surface area contributed by atoms with Gasteiger partial charge in [-0.2, -0.15) is 13.2 Å². The number of carboxylic acid groups (broad SMARTS) is 1. The standard InChI is InChI=1S/C31H30F3NO16/c1-12(36)46-22(23(47-13(2)37)27(43)49-17(11-19(39)40)25(41)51-28(44)31(32,33)34)26(42)48-16-6-7-30(45)18-10-14-4-5-15(38)21-20(14)29(30,24(16)50-21)8-9-35(18)3/h4-6,17-18,22-24,38,45H,7-11H2,1-3H3,(H,39,40)/t17-,18?,22-,23-,24+,29+,30-/m1/s1. The van der Waals surface area contributed by atoms with Crippen molar-refractivity contribution in [3.63, 3.8) is 0 Å². The summed E-state index contributed by atoms with van der Waals surface area (Å²) >= 11 is 0. The van der Waals surface area contributed by atoms with E-state index in [9.17, 15) is 56.9 Å². The largest absolute Gasteiger partial charge is 0.504 e. The van der Waals surface area contributed by atoms with Crippen LogP contribution in [0.25, 0.3) is 0 Å². The quantitative estimate of drug-likeness (QED) is 0.164. The van der Waals surface area contributed by atoms with E-state index in [0.29, 0.717) is 18.5 Å². The Morgan fingerprint density at radius 2 is 1.63 bits per heavy atom. The van der Waals surface area contributed by atoms with Crippen molar-refractivity contribution < 1.29 is 90.5 Å². The summed E-state index contributed by atoms with van der Waals surface area (Å²) in [4.78, 5) is 87.8. The first-order chi connectivity index (χ1) is 23.7. The lowest BCUT2D eigenvalue weighted by Gasteiger charge is -2.61. The number of alkyl halides is 3. The van der Waals surface area contributed by atoms with Gasteiger partial charge in [0.2, 0.25) is 18.3 Å². The molecule has 1 aromatic rings. The maximum absolute atomic E-state index is 13.8. The zero-order valence-corrected chi connectivity index (χ0v) is 26.9. The third-order valence-corrected chi connectivity index (χ3v) is 9.20. The predicted molar refractivity (Wildman–Crippen MR) is 153 cm³/mol. The maximum atomic E-state index is 13.8. The van der Waals surface area contributed by atoms with Crippen LogP contribution in [0.3, 0.4) is 0 Å². The fourth-order valence-electron chi connectivity index (χ4n) is 7.19. The maximum Gasteiger partial charge on any atom is 0.491 e. The van der Waals surface area contributed by atoms with Crippen molar-refractivity contribution in [3.05, 3.63) is 35.1 Å². The Morgan fingerprint density at radius 3 is 2.22 bits per heavy atom. The Kier molecular flexibility index (Phi) is 9.54. The second-order valence-electron chi connectivity index (χ2n) is 12.3. The number of aliphatic carboxylic acids is 1. The van der Waals surface area contributed by atoms with Gasteiger partial charge in [-0.25, -0.2) is 19.2 Å². The molecule has 4 aliphatic rings. The minimum absolute atomic E-state index is 0.0426. The van der Waals surface area contributed by atoms with Crippen molar-refractivity contribution >= 4 is 41.8 Å². The van der Waals surface area contributed by atoms with Gasteiger partial charge < -0.3 is 48.6 Å². The summed E-state index contributed by atoms with van der Waals surface area (Å²) in [6.45, 7) is 1.94. The number of ether oxygens (including phenoxy) is 6. The van der Waals surface area contributed by atoms with Crippen LogP contribution >= 0.6 is 0 Å². The van der Waals surface area contributed by atoms with Crippen LogP contribution in [0.2, 0.25) is 0 Å². The van der Waals surface area contributed by atoms with Gasteiger partial charge in [0.15, 0.2) is 17.6 Å². The molecule has 1 unspecified atom stereocenters. The molecular formula is C31H30F3NO16. The van der Waals surface area contributed by atoms with Crippen molar-refractivity contribution in [1.29, 1.82) is 0 Å². The Morgan fingerprint density at radius 1 is 1.00 bits per heavy atom. The summed E-state index contributed by atoms with van der Waals surface area (Å²) in [6, 6.07) is 2.68. The van der Waals surface area contributed by atoms with Gasteiger partial charge in [-0.15, -0.1) is 0 Å². The highest BCUT2D eigenvalue weighted by Crippen LogP contribution is 2.65. The van der Waals surface area contributed by atoms with Gasteiger partial charge >= 0.3 is 48.0 Å². The van der Waals surface area contributed by atoms with Crippen molar-refractivity contribution in [2.45, 2.75) is 87.2 Å². The second-order valence-corrected chi connectivity index (χ2v) is 12.3. The summed E-state index contributed by atoms with van der Waals surface area (Å²) in [5.74, 6) is -14.0. The number of piperidine rings is 1. The number of likely N-dealkylation sites (N-methyl/N-ethyl adjacent to an activating group) is 1. The molecule has 0 saturated carbocycles. The van der Waals surface area contributed by atoms with E-state index in [1.165, 1.54) is 12.1 Å². The monoisotopic (exact) mass is 729 g/mol. The fraction of sp³-hybridized carbons (Fsp3) is 0.516. The minimum atomic E-state index is -5.71. The number of phenolic OH excluding ortho intramolecular Hbond substituents is 1. The summed E-state index contributed by atoms with van der Waals surface area (Å²) < 4.78 is 67.7. The van der Waals surface area contributed by atoms with E-state index in [1.54, 1.807) is 6.07 Å². The summed E-state index contributed by atoms with van der Waals surface area (Å²) in [5.41, 5.74) is -1.48. The Balaban J connectivity index is 1.46.